The van der Waals surface area contributed by atoms with Gasteiger partial charge in [0.2, 0.25) is 5.91 Å². The molecule has 118 valence electrons. The second-order valence-corrected chi connectivity index (χ2v) is 5.06. The standard InChI is InChI=1S/C8H16NO10P/c1-3(10)9-8(15)7(14)6(13)5(12)4(11)2-19-20(16,17)18/h4-7,11-14H,2H2,1H3,(H,9,10,15)(H2,16,17,18). The van der Waals surface area contributed by atoms with Crippen molar-refractivity contribution in [1.82, 2.24) is 5.32 Å². The highest BCUT2D eigenvalue weighted by Gasteiger charge is 2.35. The van der Waals surface area contributed by atoms with Crippen molar-refractivity contribution in [3.05, 3.63) is 0 Å². The SMILES string of the molecule is CC(=O)NC(=O)C(O)C(O)C(O)C(O)COP(=O)(O)O. The molecule has 0 fully saturated rings. The van der Waals surface area contributed by atoms with Crippen molar-refractivity contribution in [2.24, 2.45) is 0 Å². The molecule has 2 amide bonds. The molecule has 0 aliphatic carbocycles. The van der Waals surface area contributed by atoms with Gasteiger partial charge < -0.3 is 30.2 Å². The normalized spacial score (nSPS) is 17.9. The van der Waals surface area contributed by atoms with Crippen molar-refractivity contribution < 1.29 is 48.9 Å². The highest BCUT2D eigenvalue weighted by Crippen LogP contribution is 2.35. The molecule has 0 aliphatic heterocycles. The molecule has 7 N–H and O–H groups in total. The molecule has 0 radical (unpaired) electrons. The molecule has 4 unspecified atom stereocenters. The van der Waals surface area contributed by atoms with Crippen molar-refractivity contribution in [3.63, 3.8) is 0 Å². The zero-order valence-corrected chi connectivity index (χ0v) is 11.2. The van der Waals surface area contributed by atoms with Crippen LogP contribution in [0.5, 0.6) is 0 Å². The fourth-order valence-electron chi connectivity index (χ4n) is 1.09. The van der Waals surface area contributed by atoms with Gasteiger partial charge in [-0.3, -0.25) is 19.4 Å². The second-order valence-electron chi connectivity index (χ2n) is 3.83. The zero-order chi connectivity index (χ0) is 16.1. The van der Waals surface area contributed by atoms with Crippen LogP contribution in [0, 0.1) is 0 Å². The average Bonchev–Trinajstić information content (AvgIpc) is 2.31. The third-order valence-electron chi connectivity index (χ3n) is 2.05. The molecule has 0 bridgehead atoms. The van der Waals surface area contributed by atoms with Crippen molar-refractivity contribution >= 4 is 19.6 Å². The first-order chi connectivity index (χ1) is 8.95. The summed E-state index contributed by atoms with van der Waals surface area (Å²) in [5, 5.41) is 39.0. The van der Waals surface area contributed by atoms with Gasteiger partial charge in [-0.2, -0.15) is 0 Å². The Morgan fingerprint density at radius 2 is 1.65 bits per heavy atom. The van der Waals surface area contributed by atoms with E-state index in [0.29, 0.717) is 0 Å². The smallest absolute Gasteiger partial charge is 0.388 e. The van der Waals surface area contributed by atoms with Gasteiger partial charge in [-0.15, -0.1) is 0 Å². The van der Waals surface area contributed by atoms with Crippen molar-refractivity contribution in [2.75, 3.05) is 6.61 Å². The van der Waals surface area contributed by atoms with E-state index in [-0.39, 0.29) is 0 Å². The number of imide groups is 1. The van der Waals surface area contributed by atoms with Gasteiger partial charge >= 0.3 is 7.82 Å². The molecular weight excluding hydrogens is 301 g/mol. The van der Waals surface area contributed by atoms with E-state index in [1.54, 1.807) is 5.32 Å². The average molecular weight is 317 g/mol. The zero-order valence-electron chi connectivity index (χ0n) is 10.3. The number of carbonyl (C=O) groups excluding carboxylic acids is 2. The lowest BCUT2D eigenvalue weighted by atomic mass is 10.0. The van der Waals surface area contributed by atoms with Crippen LogP contribution in [-0.2, 0) is 18.7 Å². The van der Waals surface area contributed by atoms with Crippen molar-refractivity contribution in [3.8, 4) is 0 Å². The summed E-state index contributed by atoms with van der Waals surface area (Å²) < 4.78 is 14.2. The van der Waals surface area contributed by atoms with E-state index in [2.05, 4.69) is 4.52 Å². The third kappa shape index (κ3) is 7.03. The molecule has 0 heterocycles. The number of nitrogens with one attached hydrogen (secondary N) is 1. The molecule has 0 spiro atoms. The van der Waals surface area contributed by atoms with Gasteiger partial charge in [-0.1, -0.05) is 0 Å². The molecule has 12 heteroatoms. The molecule has 0 aliphatic rings. The number of phosphoric ester groups is 1. The molecule has 20 heavy (non-hydrogen) atoms. The minimum atomic E-state index is -4.89. The summed E-state index contributed by atoms with van der Waals surface area (Å²) in [5.41, 5.74) is 0. The highest BCUT2D eigenvalue weighted by molar-refractivity contribution is 7.46. The van der Waals surface area contributed by atoms with E-state index >= 15 is 0 Å². The van der Waals surface area contributed by atoms with Crippen molar-refractivity contribution in [1.29, 1.82) is 0 Å². The van der Waals surface area contributed by atoms with Gasteiger partial charge in [0.05, 0.1) is 6.61 Å². The number of hydrogen-bond acceptors (Lipinski definition) is 8. The van der Waals surface area contributed by atoms with Gasteiger partial charge in [0.15, 0.2) is 6.10 Å². The Bertz CT molecular complexity index is 395. The first-order valence-corrected chi connectivity index (χ1v) is 6.72. The van der Waals surface area contributed by atoms with Crippen LogP contribution in [-0.4, -0.2) is 73.1 Å². The van der Waals surface area contributed by atoms with Crippen LogP contribution in [0.25, 0.3) is 0 Å². The fourth-order valence-corrected chi connectivity index (χ4v) is 1.44. The van der Waals surface area contributed by atoms with Gasteiger partial charge in [0.25, 0.3) is 5.91 Å². The van der Waals surface area contributed by atoms with E-state index in [1.807, 2.05) is 0 Å². The predicted molar refractivity (Wildman–Crippen MR) is 60.8 cm³/mol. The summed E-state index contributed by atoms with van der Waals surface area (Å²) in [6.45, 7) is -0.0836. The summed E-state index contributed by atoms with van der Waals surface area (Å²) >= 11 is 0. The van der Waals surface area contributed by atoms with Crippen LogP contribution in [0.15, 0.2) is 0 Å². The Morgan fingerprint density at radius 3 is 2.05 bits per heavy atom. The molecule has 11 nitrogen and oxygen atoms in total. The molecule has 0 aromatic rings. The molecule has 0 aromatic carbocycles. The Balaban J connectivity index is 4.51. The summed E-state index contributed by atoms with van der Waals surface area (Å²) in [4.78, 5) is 38.4. The van der Waals surface area contributed by atoms with Crippen LogP contribution in [0.4, 0.5) is 0 Å². The quantitative estimate of drug-likeness (QED) is 0.229. The van der Waals surface area contributed by atoms with Crippen LogP contribution in [0.2, 0.25) is 0 Å². The van der Waals surface area contributed by atoms with E-state index in [1.165, 1.54) is 0 Å². The lowest BCUT2D eigenvalue weighted by molar-refractivity contribution is -0.150. The lowest BCUT2D eigenvalue weighted by Gasteiger charge is -2.25. The van der Waals surface area contributed by atoms with E-state index in [9.17, 15) is 34.6 Å². The Labute approximate surface area is 113 Å². The minimum absolute atomic E-state index is 0.818. The Hall–Kier alpha value is -0.910. The maximum atomic E-state index is 11.1. The monoisotopic (exact) mass is 317 g/mol. The Morgan fingerprint density at radius 1 is 1.15 bits per heavy atom. The number of aliphatic hydroxyl groups is 4. The van der Waals surface area contributed by atoms with Crippen LogP contribution in [0.1, 0.15) is 6.92 Å². The van der Waals surface area contributed by atoms with Gasteiger partial charge in [-0.05, 0) is 0 Å². The van der Waals surface area contributed by atoms with E-state index in [4.69, 9.17) is 9.79 Å². The molecule has 0 aromatic heterocycles. The predicted octanol–water partition coefficient (Wildman–Crippen LogP) is -3.80. The maximum Gasteiger partial charge on any atom is 0.469 e. The number of hydrogen-bond donors (Lipinski definition) is 7. The molecule has 0 saturated heterocycles. The number of amides is 2. The van der Waals surface area contributed by atoms with Crippen LogP contribution < -0.4 is 5.32 Å². The highest BCUT2D eigenvalue weighted by atomic mass is 31.2. The van der Waals surface area contributed by atoms with Crippen molar-refractivity contribution in [2.45, 2.75) is 31.3 Å². The first kappa shape index (κ1) is 19.1. The van der Waals surface area contributed by atoms with Crippen LogP contribution in [0.3, 0.4) is 0 Å². The van der Waals surface area contributed by atoms with E-state index in [0.717, 1.165) is 6.92 Å². The van der Waals surface area contributed by atoms with Gasteiger partial charge in [-0.25, -0.2) is 4.57 Å². The lowest BCUT2D eigenvalue weighted by Crippen LogP contribution is -2.52. The van der Waals surface area contributed by atoms with Crippen LogP contribution >= 0.6 is 7.82 Å². The molecule has 0 saturated carbocycles. The van der Waals surface area contributed by atoms with Gasteiger partial charge in [0.1, 0.15) is 18.3 Å². The van der Waals surface area contributed by atoms with E-state index < -0.39 is 50.7 Å². The number of aliphatic hydroxyl groups excluding tert-OH is 4. The number of phosphoric acid groups is 1. The summed E-state index contributed by atoms with van der Waals surface area (Å²) in [7, 11) is -4.89. The summed E-state index contributed by atoms with van der Waals surface area (Å²) in [5.74, 6) is -2.13. The number of carbonyl (C=O) groups is 2. The Kier molecular flexibility index (Phi) is 7.41. The minimum Gasteiger partial charge on any atom is -0.388 e. The molecule has 0 rings (SSSR count). The largest absolute Gasteiger partial charge is 0.469 e. The summed E-state index contributed by atoms with van der Waals surface area (Å²) in [6, 6.07) is 0. The third-order valence-corrected chi connectivity index (χ3v) is 2.53. The first-order valence-electron chi connectivity index (χ1n) is 5.19. The topological polar surface area (TPSA) is 194 Å². The number of rotatable bonds is 7. The second kappa shape index (κ2) is 7.76. The van der Waals surface area contributed by atoms with Gasteiger partial charge in [0, 0.05) is 6.92 Å². The summed E-state index contributed by atoms with van der Waals surface area (Å²) in [6.07, 6.45) is -8.57. The molecular formula is C8H16NO10P. The fraction of sp³-hybridized carbons (Fsp3) is 0.750. The molecule has 4 atom stereocenters. The maximum absolute atomic E-state index is 11.1.